The van der Waals surface area contributed by atoms with Crippen LogP contribution in [0.1, 0.15) is 37.4 Å². The fourth-order valence-corrected chi connectivity index (χ4v) is 4.53. The van der Waals surface area contributed by atoms with Crippen LogP contribution in [0, 0.1) is 5.82 Å². The molecule has 3 aromatic rings. The molecule has 1 amide bonds. The topological polar surface area (TPSA) is 79.6 Å². The second kappa shape index (κ2) is 8.28. The number of amides is 1. The summed E-state index contributed by atoms with van der Waals surface area (Å²) in [6, 6.07) is 9.35. The number of nitrogens with zero attached hydrogens (tertiary/aromatic N) is 4. The molecule has 1 saturated heterocycles. The molecule has 152 valence electrons. The largest absolute Gasteiger partial charge is 0.350 e. The number of benzene rings is 1. The quantitative estimate of drug-likeness (QED) is 0.669. The Kier molecular flexibility index (Phi) is 5.57. The number of carbonyl (C=O) groups excluding carboxylic acids is 1. The first kappa shape index (κ1) is 19.5. The summed E-state index contributed by atoms with van der Waals surface area (Å²) in [5.41, 5.74) is 0.413. The van der Waals surface area contributed by atoms with Crippen molar-refractivity contribution in [1.82, 2.24) is 19.9 Å². The van der Waals surface area contributed by atoms with Gasteiger partial charge in [0.05, 0.1) is 5.69 Å². The van der Waals surface area contributed by atoms with Crippen LogP contribution in [-0.2, 0) is 17.8 Å². The van der Waals surface area contributed by atoms with Crippen molar-refractivity contribution in [3.8, 4) is 0 Å². The van der Waals surface area contributed by atoms with Crippen LogP contribution in [-0.4, -0.2) is 33.1 Å². The summed E-state index contributed by atoms with van der Waals surface area (Å²) in [7, 11) is 0. The van der Waals surface area contributed by atoms with Crippen LogP contribution >= 0.6 is 11.3 Å². The average Bonchev–Trinajstić information content (AvgIpc) is 3.38. The summed E-state index contributed by atoms with van der Waals surface area (Å²) in [4.78, 5) is 31.6. The van der Waals surface area contributed by atoms with E-state index in [1.54, 1.807) is 0 Å². The van der Waals surface area contributed by atoms with Crippen LogP contribution in [0.15, 0.2) is 35.1 Å². The van der Waals surface area contributed by atoms with E-state index in [0.29, 0.717) is 42.4 Å². The van der Waals surface area contributed by atoms with Gasteiger partial charge in [0.2, 0.25) is 21.8 Å². The van der Waals surface area contributed by atoms with Crippen LogP contribution in [0.4, 0.5) is 9.52 Å². The van der Waals surface area contributed by atoms with E-state index in [4.69, 9.17) is 0 Å². The normalized spacial score (nSPS) is 16.5. The summed E-state index contributed by atoms with van der Waals surface area (Å²) in [6.45, 7) is 3.02. The number of hydrogen-bond donors (Lipinski definition) is 1. The summed E-state index contributed by atoms with van der Waals surface area (Å²) >= 11 is 1.21. The summed E-state index contributed by atoms with van der Waals surface area (Å²) in [5, 5.41) is 7.76. The first-order valence-corrected chi connectivity index (χ1v) is 10.6. The van der Waals surface area contributed by atoms with Gasteiger partial charge in [-0.2, -0.15) is 8.91 Å². The zero-order valence-electron chi connectivity index (χ0n) is 16.1. The molecule has 1 N–H and O–H groups in total. The van der Waals surface area contributed by atoms with E-state index in [2.05, 4.69) is 15.4 Å². The van der Waals surface area contributed by atoms with E-state index >= 15 is 0 Å². The summed E-state index contributed by atoms with van der Waals surface area (Å²) in [5.74, 6) is -0.927. The molecule has 1 unspecified atom stereocenters. The number of anilines is 1. The molecular weight excluding hydrogens is 393 g/mol. The lowest BCUT2D eigenvalue weighted by atomic mass is 10.2. The minimum atomic E-state index is -0.847. The molecule has 29 heavy (non-hydrogen) atoms. The van der Waals surface area contributed by atoms with Crippen molar-refractivity contribution >= 4 is 27.3 Å². The Morgan fingerprint density at radius 1 is 1.34 bits per heavy atom. The molecule has 4 rings (SSSR count). The van der Waals surface area contributed by atoms with Crippen molar-refractivity contribution in [3.63, 3.8) is 0 Å². The van der Waals surface area contributed by atoms with Gasteiger partial charge in [-0.3, -0.25) is 9.59 Å². The fourth-order valence-electron chi connectivity index (χ4n) is 3.55. The molecule has 0 spiro atoms. The lowest BCUT2D eigenvalue weighted by Gasteiger charge is -2.22. The van der Waals surface area contributed by atoms with Crippen molar-refractivity contribution in [2.24, 2.45) is 0 Å². The summed E-state index contributed by atoms with van der Waals surface area (Å²) in [6.07, 6.45) is 2.64. The Hall–Kier alpha value is -2.81. The third-order valence-corrected chi connectivity index (χ3v) is 5.96. The maximum Gasteiger partial charge on any atom is 0.311 e. The predicted molar refractivity (Wildman–Crippen MR) is 110 cm³/mol. The maximum atomic E-state index is 14.3. The number of halogens is 1. The van der Waals surface area contributed by atoms with E-state index in [-0.39, 0.29) is 17.6 Å². The second-order valence-electron chi connectivity index (χ2n) is 7.06. The highest BCUT2D eigenvalue weighted by molar-refractivity contribution is 7.20. The smallest absolute Gasteiger partial charge is 0.311 e. The third kappa shape index (κ3) is 3.87. The number of aryl methyl sites for hydroxylation is 1. The third-order valence-electron chi connectivity index (χ3n) is 5.01. The van der Waals surface area contributed by atoms with Crippen LogP contribution < -0.4 is 15.8 Å². The molecule has 9 heteroatoms. The minimum Gasteiger partial charge on any atom is -0.350 e. The van der Waals surface area contributed by atoms with Gasteiger partial charge in [-0.25, -0.2) is 4.98 Å². The molecule has 0 saturated carbocycles. The molecule has 1 fully saturated rings. The van der Waals surface area contributed by atoms with E-state index in [1.165, 1.54) is 11.3 Å². The van der Waals surface area contributed by atoms with Gasteiger partial charge in [0, 0.05) is 13.1 Å². The van der Waals surface area contributed by atoms with Gasteiger partial charge >= 0.3 is 5.56 Å². The van der Waals surface area contributed by atoms with Crippen LogP contribution in [0.5, 0.6) is 0 Å². The van der Waals surface area contributed by atoms with Crippen molar-refractivity contribution in [2.45, 2.75) is 45.2 Å². The first-order chi connectivity index (χ1) is 14.1. The molecule has 1 aromatic carbocycles. The van der Waals surface area contributed by atoms with Gasteiger partial charge in [0.25, 0.3) is 0 Å². The summed E-state index contributed by atoms with van der Waals surface area (Å²) < 4.78 is 15.3. The van der Waals surface area contributed by atoms with E-state index in [1.807, 2.05) is 42.2 Å². The SMILES string of the molecule is CCCc1nc2sc(N3CCCC3C(=O)NCc3ccccc3)nn2c(=O)c1F. The second-order valence-corrected chi connectivity index (χ2v) is 8.00. The van der Waals surface area contributed by atoms with Crippen LogP contribution in [0.2, 0.25) is 0 Å². The Labute approximate surface area is 171 Å². The number of fused-ring (bicyclic) bond motifs is 1. The number of rotatable bonds is 6. The number of hydrogen-bond acceptors (Lipinski definition) is 6. The van der Waals surface area contributed by atoms with Gasteiger partial charge in [-0.15, -0.1) is 5.10 Å². The van der Waals surface area contributed by atoms with Gasteiger partial charge in [0.15, 0.2) is 0 Å². The van der Waals surface area contributed by atoms with Crippen molar-refractivity contribution in [2.75, 3.05) is 11.4 Å². The van der Waals surface area contributed by atoms with Gasteiger partial charge in [-0.1, -0.05) is 55.0 Å². The van der Waals surface area contributed by atoms with Crippen molar-refractivity contribution in [3.05, 3.63) is 57.8 Å². The molecule has 7 nitrogen and oxygen atoms in total. The molecule has 1 atom stereocenters. The molecule has 0 aliphatic carbocycles. The maximum absolute atomic E-state index is 14.3. The zero-order chi connectivity index (χ0) is 20.4. The highest BCUT2D eigenvalue weighted by atomic mass is 32.1. The number of nitrogens with one attached hydrogen (secondary N) is 1. The molecule has 1 aliphatic heterocycles. The lowest BCUT2D eigenvalue weighted by molar-refractivity contribution is -0.122. The first-order valence-electron chi connectivity index (χ1n) is 9.75. The molecule has 0 bridgehead atoms. The highest BCUT2D eigenvalue weighted by Gasteiger charge is 2.33. The highest BCUT2D eigenvalue weighted by Crippen LogP contribution is 2.29. The van der Waals surface area contributed by atoms with Gasteiger partial charge in [0.1, 0.15) is 6.04 Å². The van der Waals surface area contributed by atoms with Crippen LogP contribution in [0.25, 0.3) is 4.96 Å². The molecule has 0 radical (unpaired) electrons. The lowest BCUT2D eigenvalue weighted by Crippen LogP contribution is -2.43. The van der Waals surface area contributed by atoms with Crippen molar-refractivity contribution in [1.29, 1.82) is 0 Å². The van der Waals surface area contributed by atoms with Gasteiger partial charge in [-0.05, 0) is 24.8 Å². The predicted octanol–water partition coefficient (Wildman–Crippen LogP) is 2.53. The number of carbonyl (C=O) groups is 1. The molecular formula is C20H22FN5O2S. The van der Waals surface area contributed by atoms with Crippen LogP contribution in [0.3, 0.4) is 0 Å². The Bertz CT molecular complexity index is 1080. The Balaban J connectivity index is 1.56. The fraction of sp³-hybridized carbons (Fsp3) is 0.400. The van der Waals surface area contributed by atoms with E-state index in [0.717, 1.165) is 16.5 Å². The van der Waals surface area contributed by atoms with Gasteiger partial charge < -0.3 is 10.2 Å². The van der Waals surface area contributed by atoms with E-state index in [9.17, 15) is 14.0 Å². The Morgan fingerprint density at radius 2 is 2.14 bits per heavy atom. The van der Waals surface area contributed by atoms with E-state index < -0.39 is 11.4 Å². The molecule has 1 aliphatic rings. The molecule has 2 aromatic heterocycles. The average molecular weight is 415 g/mol. The standard InChI is InChI=1S/C20H22FN5O2S/c1-2-7-14-16(21)18(28)26-19(23-14)29-20(24-26)25-11-6-10-15(25)17(27)22-12-13-8-4-3-5-9-13/h3-5,8-9,15H,2,6-7,10-12H2,1H3,(H,22,27). The zero-order valence-corrected chi connectivity index (χ0v) is 16.9. The monoisotopic (exact) mass is 415 g/mol. The minimum absolute atomic E-state index is 0.0798. The molecule has 3 heterocycles. The Morgan fingerprint density at radius 3 is 2.90 bits per heavy atom. The van der Waals surface area contributed by atoms with Crippen molar-refractivity contribution < 1.29 is 9.18 Å². The number of aromatic nitrogens is 3.